The third kappa shape index (κ3) is 4.52. The Bertz CT molecular complexity index is 381. The summed E-state index contributed by atoms with van der Waals surface area (Å²) >= 11 is 0. The van der Waals surface area contributed by atoms with Gasteiger partial charge in [0.05, 0.1) is 6.54 Å². The lowest BCUT2D eigenvalue weighted by Crippen LogP contribution is -2.49. The van der Waals surface area contributed by atoms with E-state index in [9.17, 15) is 9.59 Å². The van der Waals surface area contributed by atoms with E-state index in [-0.39, 0.29) is 6.54 Å². The van der Waals surface area contributed by atoms with E-state index < -0.39 is 17.9 Å². The molecule has 5 N–H and O–H groups in total. The molecule has 0 saturated carbocycles. The highest BCUT2D eigenvalue weighted by Crippen LogP contribution is 2.07. The largest absolute Gasteiger partial charge is 0.492 e. The molecule has 0 heterocycles. The number of carbonyl (C=O) groups is 2. The highest BCUT2D eigenvalue weighted by atomic mass is 16.5. The van der Waals surface area contributed by atoms with Crippen molar-refractivity contribution >= 4 is 11.8 Å². The van der Waals surface area contributed by atoms with Crippen molar-refractivity contribution in [3.63, 3.8) is 0 Å². The van der Waals surface area contributed by atoms with E-state index in [1.165, 1.54) is 0 Å². The van der Waals surface area contributed by atoms with Crippen molar-refractivity contribution in [3.8, 4) is 5.75 Å². The maximum Gasteiger partial charge on any atom is 0.246 e. The fourth-order valence-electron chi connectivity index (χ4n) is 1.10. The third-order valence-corrected chi connectivity index (χ3v) is 2.00. The first-order valence-corrected chi connectivity index (χ1v) is 5.11. The summed E-state index contributed by atoms with van der Waals surface area (Å²) in [6.07, 6.45) is 0. The van der Waals surface area contributed by atoms with E-state index >= 15 is 0 Å². The van der Waals surface area contributed by atoms with Gasteiger partial charge in [0.2, 0.25) is 11.8 Å². The Labute approximate surface area is 98.9 Å². The average molecular weight is 237 g/mol. The number of benzene rings is 1. The predicted molar refractivity (Wildman–Crippen MR) is 62.1 cm³/mol. The maximum atomic E-state index is 11.2. The Balaban J connectivity index is 2.21. The summed E-state index contributed by atoms with van der Waals surface area (Å²) in [7, 11) is 0. The summed E-state index contributed by atoms with van der Waals surface area (Å²) in [6.45, 7) is 0.552. The first-order valence-electron chi connectivity index (χ1n) is 5.11. The van der Waals surface area contributed by atoms with Crippen molar-refractivity contribution < 1.29 is 14.3 Å². The summed E-state index contributed by atoms with van der Waals surface area (Å²) in [5.74, 6) is -0.749. The van der Waals surface area contributed by atoms with Crippen LogP contribution in [0.4, 0.5) is 0 Å². The van der Waals surface area contributed by atoms with Gasteiger partial charge in [-0.3, -0.25) is 9.59 Å². The van der Waals surface area contributed by atoms with Gasteiger partial charge in [-0.1, -0.05) is 18.2 Å². The SMILES string of the molecule is NC(=O)C(N)C(=O)NCCOc1ccccc1. The van der Waals surface area contributed by atoms with E-state index in [0.29, 0.717) is 12.4 Å². The van der Waals surface area contributed by atoms with Crippen molar-refractivity contribution in [1.82, 2.24) is 5.32 Å². The molecule has 1 aromatic carbocycles. The first-order chi connectivity index (χ1) is 8.11. The van der Waals surface area contributed by atoms with E-state index in [0.717, 1.165) is 0 Å². The summed E-state index contributed by atoms with van der Waals surface area (Å²) < 4.78 is 5.32. The van der Waals surface area contributed by atoms with Crippen LogP contribution >= 0.6 is 0 Å². The van der Waals surface area contributed by atoms with Crippen LogP contribution in [0, 0.1) is 0 Å². The number of nitrogens with two attached hydrogens (primary N) is 2. The minimum atomic E-state index is -1.31. The van der Waals surface area contributed by atoms with Crippen molar-refractivity contribution in [2.75, 3.05) is 13.2 Å². The van der Waals surface area contributed by atoms with Crippen LogP contribution in [0.1, 0.15) is 0 Å². The minimum absolute atomic E-state index is 0.259. The molecule has 2 amide bonds. The Kier molecular flexibility index (Phi) is 4.96. The molecule has 1 atom stereocenters. The average Bonchev–Trinajstić information content (AvgIpc) is 2.34. The van der Waals surface area contributed by atoms with Gasteiger partial charge in [-0.2, -0.15) is 0 Å². The monoisotopic (exact) mass is 237 g/mol. The second-order valence-corrected chi connectivity index (χ2v) is 3.33. The second kappa shape index (κ2) is 6.49. The predicted octanol–water partition coefficient (Wildman–Crippen LogP) is -1.01. The number of ether oxygens (including phenoxy) is 1. The zero-order chi connectivity index (χ0) is 12.7. The molecule has 6 heteroatoms. The number of para-hydroxylation sites is 1. The molecular weight excluding hydrogens is 222 g/mol. The molecule has 1 rings (SSSR count). The number of nitrogens with one attached hydrogen (secondary N) is 1. The molecular formula is C11H15N3O3. The smallest absolute Gasteiger partial charge is 0.246 e. The molecule has 0 aromatic heterocycles. The van der Waals surface area contributed by atoms with E-state index in [2.05, 4.69) is 5.32 Å². The van der Waals surface area contributed by atoms with Gasteiger partial charge < -0.3 is 21.5 Å². The molecule has 0 aliphatic rings. The number of hydrogen-bond donors (Lipinski definition) is 3. The number of hydrogen-bond acceptors (Lipinski definition) is 4. The number of primary amides is 1. The quantitative estimate of drug-likeness (QED) is 0.435. The van der Waals surface area contributed by atoms with Crippen LogP contribution in [0.15, 0.2) is 30.3 Å². The maximum absolute atomic E-state index is 11.2. The van der Waals surface area contributed by atoms with Gasteiger partial charge in [0.1, 0.15) is 12.4 Å². The Morgan fingerprint density at radius 2 is 1.94 bits per heavy atom. The highest BCUT2D eigenvalue weighted by Gasteiger charge is 2.18. The van der Waals surface area contributed by atoms with Crippen molar-refractivity contribution in [1.29, 1.82) is 0 Å². The van der Waals surface area contributed by atoms with Gasteiger partial charge in [0.15, 0.2) is 6.04 Å². The molecule has 0 spiro atoms. The van der Waals surface area contributed by atoms with Crippen LogP contribution in [0.25, 0.3) is 0 Å². The Morgan fingerprint density at radius 3 is 2.53 bits per heavy atom. The summed E-state index contributed by atoms with van der Waals surface area (Å²) in [4.78, 5) is 21.8. The van der Waals surface area contributed by atoms with E-state index in [1.54, 1.807) is 12.1 Å². The van der Waals surface area contributed by atoms with Gasteiger partial charge in [-0.15, -0.1) is 0 Å². The van der Waals surface area contributed by atoms with Crippen LogP contribution in [-0.2, 0) is 9.59 Å². The zero-order valence-electron chi connectivity index (χ0n) is 9.26. The summed E-state index contributed by atoms with van der Waals surface area (Å²) in [5, 5.41) is 2.44. The van der Waals surface area contributed by atoms with Crippen LogP contribution in [0.2, 0.25) is 0 Å². The van der Waals surface area contributed by atoms with Gasteiger partial charge in [-0.25, -0.2) is 0 Å². The zero-order valence-corrected chi connectivity index (χ0v) is 9.26. The third-order valence-electron chi connectivity index (χ3n) is 2.00. The van der Waals surface area contributed by atoms with Crippen LogP contribution in [-0.4, -0.2) is 31.0 Å². The van der Waals surface area contributed by atoms with Crippen molar-refractivity contribution in [3.05, 3.63) is 30.3 Å². The molecule has 0 saturated heterocycles. The van der Waals surface area contributed by atoms with Gasteiger partial charge in [-0.05, 0) is 12.1 Å². The molecule has 1 aromatic rings. The van der Waals surface area contributed by atoms with Gasteiger partial charge >= 0.3 is 0 Å². The lowest BCUT2D eigenvalue weighted by atomic mass is 10.3. The van der Waals surface area contributed by atoms with Gasteiger partial charge in [0, 0.05) is 0 Å². The first kappa shape index (κ1) is 13.0. The Morgan fingerprint density at radius 1 is 1.29 bits per heavy atom. The molecule has 0 radical (unpaired) electrons. The van der Waals surface area contributed by atoms with Crippen LogP contribution < -0.4 is 21.5 Å². The van der Waals surface area contributed by atoms with Crippen molar-refractivity contribution in [2.24, 2.45) is 11.5 Å². The molecule has 0 aliphatic carbocycles. The Hall–Kier alpha value is -2.08. The highest BCUT2D eigenvalue weighted by molar-refractivity contribution is 6.03. The topological polar surface area (TPSA) is 107 Å². The molecule has 0 aliphatic heterocycles. The van der Waals surface area contributed by atoms with E-state index in [1.807, 2.05) is 18.2 Å². The lowest BCUT2D eigenvalue weighted by Gasteiger charge is -2.09. The molecule has 1 unspecified atom stereocenters. The van der Waals surface area contributed by atoms with Gasteiger partial charge in [0.25, 0.3) is 0 Å². The fourth-order valence-corrected chi connectivity index (χ4v) is 1.10. The van der Waals surface area contributed by atoms with E-state index in [4.69, 9.17) is 16.2 Å². The number of amides is 2. The molecule has 17 heavy (non-hydrogen) atoms. The molecule has 6 nitrogen and oxygen atoms in total. The molecule has 92 valence electrons. The second-order valence-electron chi connectivity index (χ2n) is 3.33. The number of carbonyl (C=O) groups excluding carboxylic acids is 2. The van der Waals surface area contributed by atoms with Crippen LogP contribution in [0.5, 0.6) is 5.75 Å². The molecule has 0 bridgehead atoms. The van der Waals surface area contributed by atoms with Crippen LogP contribution in [0.3, 0.4) is 0 Å². The standard InChI is InChI=1S/C11H15N3O3/c12-9(10(13)15)11(16)14-6-7-17-8-4-2-1-3-5-8/h1-5,9H,6-7,12H2,(H2,13,15)(H,14,16). The lowest BCUT2D eigenvalue weighted by molar-refractivity contribution is -0.129. The molecule has 0 fully saturated rings. The van der Waals surface area contributed by atoms with Crippen molar-refractivity contribution in [2.45, 2.75) is 6.04 Å². The number of rotatable bonds is 6. The normalized spacial score (nSPS) is 11.6. The minimum Gasteiger partial charge on any atom is -0.492 e. The fraction of sp³-hybridized carbons (Fsp3) is 0.273. The summed E-state index contributed by atoms with van der Waals surface area (Å²) in [6, 6.07) is 7.86. The summed E-state index contributed by atoms with van der Waals surface area (Å²) in [5.41, 5.74) is 10.1.